The molecule has 0 unspecified atom stereocenters. The van der Waals surface area contributed by atoms with Crippen LogP contribution in [0.5, 0.6) is 5.75 Å². The maximum absolute atomic E-state index is 12.3. The highest BCUT2D eigenvalue weighted by Gasteiger charge is 2.32. The molecule has 3 aromatic carbocycles. The summed E-state index contributed by atoms with van der Waals surface area (Å²) in [6.45, 7) is -0.0439. The average Bonchev–Trinajstić information content (AvgIpc) is 3.51. The van der Waals surface area contributed by atoms with Crippen LogP contribution in [-0.2, 0) is 25.7 Å². The number of unbranched alkanes of at least 4 members (excludes halogenated alkanes) is 1. The Morgan fingerprint density at radius 1 is 0.932 bits per heavy atom. The van der Waals surface area contributed by atoms with Gasteiger partial charge in [-0.1, -0.05) is 48.2 Å². The van der Waals surface area contributed by atoms with E-state index in [1.807, 2.05) is 36.4 Å². The quantitative estimate of drug-likeness (QED) is 0.120. The number of phenols is 1. The van der Waals surface area contributed by atoms with E-state index in [1.54, 1.807) is 41.1 Å². The van der Waals surface area contributed by atoms with Gasteiger partial charge in [0.15, 0.2) is 6.29 Å². The highest BCUT2D eigenvalue weighted by Crippen LogP contribution is 2.39. The Labute approximate surface area is 258 Å². The van der Waals surface area contributed by atoms with Crippen molar-refractivity contribution in [2.45, 2.75) is 62.4 Å². The zero-order valence-corrected chi connectivity index (χ0v) is 24.6. The number of carboxylic acid groups (broad SMARTS) is 1. The third-order valence-electron chi connectivity index (χ3n) is 7.06. The number of rotatable bonds is 13. The molecule has 0 saturated carbocycles. The number of benzene rings is 3. The first-order chi connectivity index (χ1) is 21.4. The van der Waals surface area contributed by atoms with Crippen LogP contribution in [0.1, 0.15) is 61.2 Å². The second-order valence-corrected chi connectivity index (χ2v) is 11.3. The molecule has 4 N–H and O–H groups in total. The summed E-state index contributed by atoms with van der Waals surface area (Å²) < 4.78 is 14.4. The standard InChI is InChI=1S/C31H33N5O7S/c37-18-20-5-7-21(8-6-20)27-17-26(19-44-31-33-34-35-36(31)24-13-15-25(38)16-14-24)42-30(43-27)22-9-11-23(12-10-22)32-28(39)3-1-2-4-29(40)41/h5-16,26-27,30,37-38H,1-4,17-19H2,(H,32,39)(H,40,41)/t26-,27+,30+/m0/s1. The SMILES string of the molecule is O=C(O)CCCCC(=O)Nc1ccc([C@@H]2O[C@H](CSc3nnnn3-c3ccc(O)cc3)C[C@H](c3ccc(CO)cc3)O2)cc1. The summed E-state index contributed by atoms with van der Waals surface area (Å²) in [5.74, 6) is -0.349. The summed E-state index contributed by atoms with van der Waals surface area (Å²) in [6, 6.07) is 21.5. The van der Waals surface area contributed by atoms with Crippen LogP contribution >= 0.6 is 11.8 Å². The van der Waals surface area contributed by atoms with E-state index in [-0.39, 0.29) is 43.3 Å². The number of thioether (sulfide) groups is 1. The number of carboxylic acids is 1. The van der Waals surface area contributed by atoms with Crippen LogP contribution in [0.4, 0.5) is 5.69 Å². The number of nitrogens with one attached hydrogen (secondary N) is 1. The van der Waals surface area contributed by atoms with Crippen molar-refractivity contribution in [3.63, 3.8) is 0 Å². The lowest BCUT2D eigenvalue weighted by molar-refractivity contribution is -0.245. The number of hydrogen-bond donors (Lipinski definition) is 4. The van der Waals surface area contributed by atoms with Crippen molar-refractivity contribution in [2.24, 2.45) is 0 Å². The molecule has 1 saturated heterocycles. The van der Waals surface area contributed by atoms with Crippen molar-refractivity contribution >= 4 is 29.3 Å². The van der Waals surface area contributed by atoms with Gasteiger partial charge in [0.05, 0.1) is 24.5 Å². The number of anilines is 1. The van der Waals surface area contributed by atoms with Gasteiger partial charge in [0.1, 0.15) is 5.75 Å². The third kappa shape index (κ3) is 8.41. The number of aliphatic carboxylic acids is 1. The molecule has 12 nitrogen and oxygen atoms in total. The minimum Gasteiger partial charge on any atom is -0.508 e. The fraction of sp³-hybridized carbons (Fsp3) is 0.323. The van der Waals surface area contributed by atoms with Crippen molar-refractivity contribution in [2.75, 3.05) is 11.1 Å². The summed E-state index contributed by atoms with van der Waals surface area (Å²) >= 11 is 1.45. The fourth-order valence-corrected chi connectivity index (χ4v) is 5.63. The number of phenolic OH excluding ortho intramolecular Hbond substituents is 1. The van der Waals surface area contributed by atoms with E-state index in [0.29, 0.717) is 35.9 Å². The number of ether oxygens (including phenoxy) is 2. The molecule has 0 spiro atoms. The molecule has 0 aliphatic carbocycles. The largest absolute Gasteiger partial charge is 0.508 e. The van der Waals surface area contributed by atoms with E-state index >= 15 is 0 Å². The number of carbonyl (C=O) groups excluding carboxylic acids is 1. The summed E-state index contributed by atoms with van der Waals surface area (Å²) in [7, 11) is 0. The van der Waals surface area contributed by atoms with Gasteiger partial charge in [0.25, 0.3) is 0 Å². The molecule has 2 heterocycles. The number of nitrogens with zero attached hydrogens (tertiary/aromatic N) is 4. The molecule has 1 aliphatic heterocycles. The van der Waals surface area contributed by atoms with Crippen LogP contribution < -0.4 is 5.32 Å². The van der Waals surface area contributed by atoms with Crippen LogP contribution in [0.3, 0.4) is 0 Å². The number of aliphatic hydroxyl groups is 1. The van der Waals surface area contributed by atoms with Gasteiger partial charge in [-0.15, -0.1) is 5.10 Å². The molecular formula is C31H33N5O7S. The summed E-state index contributed by atoms with van der Waals surface area (Å²) in [6.07, 6.45) is 0.654. The number of tetrazole rings is 1. The van der Waals surface area contributed by atoms with Crippen molar-refractivity contribution in [1.82, 2.24) is 20.2 Å². The number of aliphatic hydroxyl groups excluding tert-OH is 1. The first kappa shape index (κ1) is 31.1. The Bertz CT molecular complexity index is 1530. The molecule has 0 radical (unpaired) electrons. The van der Waals surface area contributed by atoms with Gasteiger partial charge < -0.3 is 30.1 Å². The molecule has 0 bridgehead atoms. The molecule has 1 aromatic heterocycles. The van der Waals surface area contributed by atoms with Crippen LogP contribution in [-0.4, -0.2) is 59.3 Å². The maximum atomic E-state index is 12.3. The lowest BCUT2D eigenvalue weighted by Crippen LogP contribution is -2.31. The monoisotopic (exact) mass is 619 g/mol. The van der Waals surface area contributed by atoms with Gasteiger partial charge in [0, 0.05) is 36.3 Å². The van der Waals surface area contributed by atoms with Crippen LogP contribution in [0, 0.1) is 0 Å². The van der Waals surface area contributed by atoms with E-state index in [0.717, 1.165) is 22.4 Å². The highest BCUT2D eigenvalue weighted by molar-refractivity contribution is 7.99. The van der Waals surface area contributed by atoms with E-state index in [4.69, 9.17) is 14.6 Å². The van der Waals surface area contributed by atoms with Gasteiger partial charge >= 0.3 is 5.97 Å². The number of carbonyl (C=O) groups is 2. The molecular weight excluding hydrogens is 586 g/mol. The first-order valence-electron chi connectivity index (χ1n) is 14.2. The predicted molar refractivity (Wildman–Crippen MR) is 161 cm³/mol. The van der Waals surface area contributed by atoms with E-state index in [1.165, 1.54) is 11.8 Å². The molecule has 5 rings (SSSR count). The van der Waals surface area contributed by atoms with Gasteiger partial charge in [-0.3, -0.25) is 9.59 Å². The topological polar surface area (TPSA) is 169 Å². The molecule has 1 aliphatic rings. The van der Waals surface area contributed by atoms with Gasteiger partial charge in [-0.2, -0.15) is 4.68 Å². The summed E-state index contributed by atoms with van der Waals surface area (Å²) in [5, 5.41) is 43.4. The predicted octanol–water partition coefficient (Wildman–Crippen LogP) is 4.78. The smallest absolute Gasteiger partial charge is 0.303 e. The highest BCUT2D eigenvalue weighted by atomic mass is 32.2. The van der Waals surface area contributed by atoms with Crippen LogP contribution in [0.15, 0.2) is 78.0 Å². The molecule has 13 heteroatoms. The number of hydrogen-bond acceptors (Lipinski definition) is 10. The Balaban J connectivity index is 1.27. The van der Waals surface area contributed by atoms with Crippen molar-refractivity contribution in [3.8, 4) is 11.4 Å². The Hall–Kier alpha value is -4.30. The Morgan fingerprint density at radius 3 is 2.34 bits per heavy atom. The van der Waals surface area contributed by atoms with Gasteiger partial charge in [0.2, 0.25) is 11.1 Å². The number of aromatic hydroxyl groups is 1. The summed E-state index contributed by atoms with van der Waals surface area (Å²) in [4.78, 5) is 22.9. The van der Waals surface area contributed by atoms with Crippen molar-refractivity contribution in [1.29, 1.82) is 0 Å². The Morgan fingerprint density at radius 2 is 1.64 bits per heavy atom. The minimum absolute atomic E-state index is 0.0439. The van der Waals surface area contributed by atoms with Gasteiger partial charge in [-0.25, -0.2) is 0 Å². The average molecular weight is 620 g/mol. The van der Waals surface area contributed by atoms with Crippen molar-refractivity contribution < 1.29 is 34.4 Å². The lowest BCUT2D eigenvalue weighted by atomic mass is 10.0. The molecule has 1 fully saturated rings. The lowest BCUT2D eigenvalue weighted by Gasteiger charge is -2.36. The van der Waals surface area contributed by atoms with Crippen LogP contribution in [0.2, 0.25) is 0 Å². The normalized spacial score (nSPS) is 18.2. The van der Waals surface area contributed by atoms with E-state index in [2.05, 4.69) is 20.8 Å². The number of aromatic nitrogens is 4. The molecule has 44 heavy (non-hydrogen) atoms. The third-order valence-corrected chi connectivity index (χ3v) is 8.11. The molecule has 4 aromatic rings. The van der Waals surface area contributed by atoms with E-state index < -0.39 is 12.3 Å². The molecule has 1 amide bonds. The molecule has 230 valence electrons. The second-order valence-electron chi connectivity index (χ2n) is 10.3. The zero-order valence-electron chi connectivity index (χ0n) is 23.8. The summed E-state index contributed by atoms with van der Waals surface area (Å²) in [5.41, 5.74) is 3.90. The molecule has 3 atom stereocenters. The van der Waals surface area contributed by atoms with Gasteiger partial charge in [-0.05, 0) is 70.8 Å². The first-order valence-corrected chi connectivity index (χ1v) is 15.2. The van der Waals surface area contributed by atoms with Crippen LogP contribution in [0.25, 0.3) is 5.69 Å². The van der Waals surface area contributed by atoms with Crippen molar-refractivity contribution in [3.05, 3.63) is 89.5 Å². The number of amides is 1. The minimum atomic E-state index is -0.868. The zero-order chi connectivity index (χ0) is 30.9. The maximum Gasteiger partial charge on any atom is 0.303 e. The van der Waals surface area contributed by atoms with E-state index in [9.17, 15) is 19.8 Å². The second kappa shape index (κ2) is 14.9. The Kier molecular flexibility index (Phi) is 10.6. The fourth-order valence-electron chi connectivity index (χ4n) is 4.72.